The van der Waals surface area contributed by atoms with E-state index in [4.69, 9.17) is 10.5 Å². The van der Waals surface area contributed by atoms with Gasteiger partial charge in [0.05, 0.1) is 12.7 Å². The molecule has 1 amide bonds. The van der Waals surface area contributed by atoms with Crippen molar-refractivity contribution in [3.8, 4) is 5.75 Å². The summed E-state index contributed by atoms with van der Waals surface area (Å²) in [5, 5.41) is 0.990. The molecule has 4 nitrogen and oxygen atoms in total. The van der Waals surface area contributed by atoms with Crippen LogP contribution in [0.5, 0.6) is 5.75 Å². The van der Waals surface area contributed by atoms with Gasteiger partial charge in [-0.05, 0) is 18.6 Å². The first-order valence-corrected chi connectivity index (χ1v) is 4.59. The summed E-state index contributed by atoms with van der Waals surface area (Å²) >= 11 is 0. The third-order valence-corrected chi connectivity index (χ3v) is 2.47. The molecule has 1 aromatic carbocycles. The summed E-state index contributed by atoms with van der Waals surface area (Å²) in [6, 6.07) is 3.53. The fraction of sp³-hybridized carbons (Fsp3) is 0.182. The molecule has 0 aliphatic carbocycles. The normalized spacial score (nSPS) is 10.5. The number of aryl methyl sites for hydroxylation is 1. The van der Waals surface area contributed by atoms with E-state index in [0.717, 1.165) is 16.5 Å². The summed E-state index contributed by atoms with van der Waals surface area (Å²) in [4.78, 5) is 14.3. The lowest BCUT2D eigenvalue weighted by Crippen LogP contribution is -2.12. The number of aromatic nitrogens is 1. The Morgan fingerprint density at radius 3 is 2.80 bits per heavy atom. The van der Waals surface area contributed by atoms with Crippen molar-refractivity contribution in [2.75, 3.05) is 7.11 Å². The van der Waals surface area contributed by atoms with Crippen molar-refractivity contribution >= 4 is 16.8 Å². The Balaban J connectivity index is 2.77. The molecule has 0 saturated carbocycles. The Hall–Kier alpha value is -1.97. The fourth-order valence-corrected chi connectivity index (χ4v) is 1.65. The molecule has 2 aromatic rings. The van der Waals surface area contributed by atoms with Crippen molar-refractivity contribution in [3.05, 3.63) is 29.5 Å². The van der Waals surface area contributed by atoms with Gasteiger partial charge in [-0.25, -0.2) is 0 Å². The first-order chi connectivity index (χ1) is 7.13. The van der Waals surface area contributed by atoms with Gasteiger partial charge in [-0.15, -0.1) is 0 Å². The Kier molecular flexibility index (Phi) is 2.11. The largest absolute Gasteiger partial charge is 0.496 e. The van der Waals surface area contributed by atoms with Crippen LogP contribution in [-0.2, 0) is 0 Å². The van der Waals surface area contributed by atoms with Gasteiger partial charge in [0, 0.05) is 23.2 Å². The van der Waals surface area contributed by atoms with E-state index in [9.17, 15) is 4.79 Å². The van der Waals surface area contributed by atoms with E-state index in [1.807, 2.05) is 13.1 Å². The van der Waals surface area contributed by atoms with E-state index in [-0.39, 0.29) is 0 Å². The minimum Gasteiger partial charge on any atom is -0.496 e. The first kappa shape index (κ1) is 9.58. The molecule has 1 aromatic heterocycles. The van der Waals surface area contributed by atoms with Crippen LogP contribution in [0.4, 0.5) is 0 Å². The van der Waals surface area contributed by atoms with Gasteiger partial charge in [0.1, 0.15) is 5.75 Å². The predicted octanol–water partition coefficient (Wildman–Crippen LogP) is 1.58. The number of aromatic amines is 1. The van der Waals surface area contributed by atoms with Crippen molar-refractivity contribution < 1.29 is 9.53 Å². The van der Waals surface area contributed by atoms with Crippen LogP contribution >= 0.6 is 0 Å². The number of H-pyrrole nitrogens is 1. The van der Waals surface area contributed by atoms with Crippen molar-refractivity contribution in [2.24, 2.45) is 5.73 Å². The van der Waals surface area contributed by atoms with Gasteiger partial charge in [-0.1, -0.05) is 0 Å². The minimum absolute atomic E-state index is 0.410. The summed E-state index contributed by atoms with van der Waals surface area (Å²) in [6.45, 7) is 1.97. The number of amides is 1. The number of primary amides is 1. The average Bonchev–Trinajstić information content (AvgIpc) is 2.58. The highest BCUT2D eigenvalue weighted by Crippen LogP contribution is 2.26. The second-order valence-electron chi connectivity index (χ2n) is 3.43. The molecule has 0 unspecified atom stereocenters. The highest BCUT2D eigenvalue weighted by molar-refractivity contribution is 6.00. The van der Waals surface area contributed by atoms with Crippen molar-refractivity contribution in [2.45, 2.75) is 6.92 Å². The van der Waals surface area contributed by atoms with Gasteiger partial charge in [-0.3, -0.25) is 4.79 Å². The topological polar surface area (TPSA) is 68.1 Å². The maximum absolute atomic E-state index is 11.2. The number of fused-ring (bicyclic) bond motifs is 1. The number of hydrogen-bond donors (Lipinski definition) is 2. The summed E-state index contributed by atoms with van der Waals surface area (Å²) in [6.07, 6.45) is 1.88. The molecule has 0 atom stereocenters. The van der Waals surface area contributed by atoms with Crippen LogP contribution in [0.2, 0.25) is 0 Å². The standard InChI is InChI=1S/C11H12N2O2/c1-6-5-13-9-4-10(15-2)8(11(12)14)3-7(6)9/h3-5,13H,1-2H3,(H2,12,14). The monoisotopic (exact) mass is 204 g/mol. The molecule has 0 radical (unpaired) electrons. The summed E-state index contributed by atoms with van der Waals surface area (Å²) in [5.41, 5.74) is 7.70. The number of rotatable bonds is 2. The van der Waals surface area contributed by atoms with Crippen LogP contribution < -0.4 is 10.5 Å². The number of methoxy groups -OCH3 is 1. The number of carbonyl (C=O) groups excluding carboxylic acids is 1. The van der Waals surface area contributed by atoms with E-state index in [2.05, 4.69) is 4.98 Å². The summed E-state index contributed by atoms with van der Waals surface area (Å²) in [5.74, 6) is 0.0196. The lowest BCUT2D eigenvalue weighted by molar-refractivity contribution is 0.0997. The van der Waals surface area contributed by atoms with Gasteiger partial charge < -0.3 is 15.5 Å². The van der Waals surface area contributed by atoms with E-state index >= 15 is 0 Å². The fourth-order valence-electron chi connectivity index (χ4n) is 1.65. The molecular weight excluding hydrogens is 192 g/mol. The Bertz CT molecular complexity index is 529. The third-order valence-electron chi connectivity index (χ3n) is 2.47. The van der Waals surface area contributed by atoms with Gasteiger partial charge >= 0.3 is 0 Å². The predicted molar refractivity (Wildman–Crippen MR) is 58.1 cm³/mol. The quantitative estimate of drug-likeness (QED) is 0.779. The number of nitrogens with one attached hydrogen (secondary N) is 1. The molecule has 0 spiro atoms. The molecule has 0 aliphatic rings. The number of ether oxygens (including phenoxy) is 1. The molecule has 0 fully saturated rings. The SMILES string of the molecule is COc1cc2[nH]cc(C)c2cc1C(N)=O. The van der Waals surface area contributed by atoms with Gasteiger partial charge in [-0.2, -0.15) is 0 Å². The van der Waals surface area contributed by atoms with Gasteiger partial charge in [0.2, 0.25) is 0 Å². The van der Waals surface area contributed by atoms with E-state index in [1.54, 1.807) is 12.1 Å². The number of nitrogens with two attached hydrogens (primary N) is 1. The molecular formula is C11H12N2O2. The summed E-state index contributed by atoms with van der Waals surface area (Å²) in [7, 11) is 1.52. The highest BCUT2D eigenvalue weighted by atomic mass is 16.5. The second kappa shape index (κ2) is 3.31. The molecule has 3 N–H and O–H groups in total. The zero-order valence-electron chi connectivity index (χ0n) is 8.63. The number of carbonyl (C=O) groups is 1. The summed E-state index contributed by atoms with van der Waals surface area (Å²) < 4.78 is 5.10. The highest BCUT2D eigenvalue weighted by Gasteiger charge is 2.12. The van der Waals surface area contributed by atoms with Crippen LogP contribution in [0, 0.1) is 6.92 Å². The molecule has 4 heteroatoms. The maximum atomic E-state index is 11.2. The van der Waals surface area contributed by atoms with E-state index in [0.29, 0.717) is 11.3 Å². The van der Waals surface area contributed by atoms with Gasteiger partial charge in [0.25, 0.3) is 5.91 Å². The molecule has 78 valence electrons. The van der Waals surface area contributed by atoms with Crippen LogP contribution in [0.1, 0.15) is 15.9 Å². The number of hydrogen-bond acceptors (Lipinski definition) is 2. The number of benzene rings is 1. The molecule has 2 rings (SSSR count). The smallest absolute Gasteiger partial charge is 0.252 e. The first-order valence-electron chi connectivity index (χ1n) is 4.59. The average molecular weight is 204 g/mol. The Morgan fingerprint density at radius 2 is 2.20 bits per heavy atom. The maximum Gasteiger partial charge on any atom is 0.252 e. The van der Waals surface area contributed by atoms with Gasteiger partial charge in [0.15, 0.2) is 0 Å². The van der Waals surface area contributed by atoms with E-state index < -0.39 is 5.91 Å². The zero-order valence-corrected chi connectivity index (χ0v) is 8.63. The third kappa shape index (κ3) is 1.44. The zero-order chi connectivity index (χ0) is 11.0. The molecule has 0 bridgehead atoms. The van der Waals surface area contributed by atoms with Crippen molar-refractivity contribution in [1.29, 1.82) is 0 Å². The van der Waals surface area contributed by atoms with Crippen molar-refractivity contribution in [3.63, 3.8) is 0 Å². The second-order valence-corrected chi connectivity index (χ2v) is 3.43. The molecule has 0 saturated heterocycles. The Labute approximate surface area is 87.0 Å². The molecule has 0 aliphatic heterocycles. The van der Waals surface area contributed by atoms with E-state index in [1.165, 1.54) is 7.11 Å². The molecule has 1 heterocycles. The van der Waals surface area contributed by atoms with Crippen LogP contribution in [0.3, 0.4) is 0 Å². The van der Waals surface area contributed by atoms with Crippen LogP contribution in [-0.4, -0.2) is 18.0 Å². The lowest BCUT2D eigenvalue weighted by atomic mass is 10.1. The van der Waals surface area contributed by atoms with Crippen LogP contribution in [0.25, 0.3) is 10.9 Å². The minimum atomic E-state index is -0.477. The Morgan fingerprint density at radius 1 is 1.47 bits per heavy atom. The lowest BCUT2D eigenvalue weighted by Gasteiger charge is -2.05. The van der Waals surface area contributed by atoms with Crippen LogP contribution in [0.15, 0.2) is 18.3 Å². The van der Waals surface area contributed by atoms with Crippen molar-refractivity contribution in [1.82, 2.24) is 4.98 Å². The molecule has 15 heavy (non-hydrogen) atoms.